The van der Waals surface area contributed by atoms with E-state index >= 15 is 0 Å². The number of hydrogen-bond acceptors (Lipinski definition) is 4. The van der Waals surface area contributed by atoms with Gasteiger partial charge in [-0.25, -0.2) is 0 Å². The fourth-order valence-electron chi connectivity index (χ4n) is 5.28. The van der Waals surface area contributed by atoms with E-state index in [2.05, 4.69) is 13.8 Å². The van der Waals surface area contributed by atoms with Crippen LogP contribution in [0.4, 0.5) is 0 Å². The van der Waals surface area contributed by atoms with Gasteiger partial charge in [0.05, 0.1) is 0 Å². The molecular weight excluding hydrogens is 544 g/mol. The van der Waals surface area contributed by atoms with E-state index in [-0.39, 0.29) is 34.6 Å². The van der Waals surface area contributed by atoms with E-state index in [0.717, 1.165) is 25.7 Å². The van der Waals surface area contributed by atoms with Gasteiger partial charge in [-0.3, -0.25) is 0 Å². The normalized spacial score (nSPS) is 10.6. The van der Waals surface area contributed by atoms with Gasteiger partial charge in [-0.15, -0.1) is 0 Å². The van der Waals surface area contributed by atoms with Gasteiger partial charge < -0.3 is 19.8 Å². The fraction of sp³-hybridized carbons (Fsp3) is 0.944. The molecule has 0 aliphatic rings. The third kappa shape index (κ3) is 49.6. The summed E-state index contributed by atoms with van der Waals surface area (Å²) in [4.78, 5) is 20.4. The quantitative estimate of drug-likeness (QED) is 0.0558. The molecule has 0 aromatic heterocycles. The van der Waals surface area contributed by atoms with Crippen LogP contribution >= 0.6 is 0 Å². The van der Waals surface area contributed by atoms with Crippen molar-refractivity contribution in [3.63, 3.8) is 0 Å². The molecule has 0 fully saturated rings. The van der Waals surface area contributed by atoms with E-state index in [1.807, 2.05) is 0 Å². The minimum absolute atomic E-state index is 0. The monoisotopic (exact) mass is 614 g/mol. The second-order valence-corrected chi connectivity index (χ2v) is 12.1. The summed E-state index contributed by atoms with van der Waals surface area (Å²) in [5.74, 6) is -1.81. The Balaban J connectivity index is -0.000000688. The molecule has 0 amide bonds. The first-order chi connectivity index (χ1) is 19.5. The zero-order chi connectivity index (χ0) is 29.8. The van der Waals surface area contributed by atoms with Gasteiger partial charge in [-0.2, -0.15) is 0 Å². The molecule has 0 rings (SSSR count). The van der Waals surface area contributed by atoms with E-state index in [0.29, 0.717) is 0 Å². The Morgan fingerprint density at radius 1 is 0.317 bits per heavy atom. The van der Waals surface area contributed by atoms with Crippen molar-refractivity contribution in [2.24, 2.45) is 0 Å². The summed E-state index contributed by atoms with van der Waals surface area (Å²) in [6.07, 6.45) is 39.7. The molecule has 0 unspecified atom stereocenters. The maximum Gasteiger partial charge on any atom is 2.00 e. The maximum absolute atomic E-state index is 10.2. The summed E-state index contributed by atoms with van der Waals surface area (Å²) in [5.41, 5.74) is 0. The van der Waals surface area contributed by atoms with Crippen LogP contribution in [0.1, 0.15) is 219 Å². The second kappa shape index (κ2) is 41.8. The second-order valence-electron chi connectivity index (χ2n) is 12.1. The maximum atomic E-state index is 10.2. The van der Waals surface area contributed by atoms with Gasteiger partial charge >= 0.3 is 21.7 Å². The molecule has 0 saturated carbocycles. The van der Waals surface area contributed by atoms with Gasteiger partial charge in [0.25, 0.3) is 0 Å². The molecule has 5 heteroatoms. The van der Waals surface area contributed by atoms with Crippen molar-refractivity contribution in [1.82, 2.24) is 0 Å². The first kappa shape index (κ1) is 45.1. The van der Waals surface area contributed by atoms with Crippen LogP contribution < -0.4 is 10.2 Å². The number of carbonyl (C=O) groups excluding carboxylic acids is 2. The van der Waals surface area contributed by atoms with Gasteiger partial charge in [0.2, 0.25) is 0 Å². The molecule has 0 radical (unpaired) electrons. The average Bonchev–Trinajstić information content (AvgIpc) is 2.93. The van der Waals surface area contributed by atoms with Crippen molar-refractivity contribution in [2.45, 2.75) is 219 Å². The van der Waals surface area contributed by atoms with Gasteiger partial charge in [0.15, 0.2) is 0 Å². The topological polar surface area (TPSA) is 80.3 Å². The molecule has 0 N–H and O–H groups in total. The molecule has 0 aliphatic heterocycles. The third-order valence-corrected chi connectivity index (χ3v) is 7.97. The standard InChI is InChI=1S/2C18H36O2.Ti/c2*1-2-3-4-5-6-7-8-9-10-11-12-13-14-15-16-17-18(19)20;/h2*2-17H2,1H3,(H,19,20);/q;;+2/p-2. The summed E-state index contributed by atoms with van der Waals surface area (Å²) in [7, 11) is 0. The molecule has 0 heterocycles. The van der Waals surface area contributed by atoms with E-state index in [4.69, 9.17) is 0 Å². The molecular formula is C36H70O4Ti. The Morgan fingerprint density at radius 2 is 0.463 bits per heavy atom. The smallest absolute Gasteiger partial charge is 0.550 e. The summed E-state index contributed by atoms with van der Waals surface area (Å²) >= 11 is 0. The minimum atomic E-state index is -0.903. The van der Waals surface area contributed by atoms with Crippen LogP contribution in [0.3, 0.4) is 0 Å². The molecule has 0 atom stereocenters. The van der Waals surface area contributed by atoms with Crippen molar-refractivity contribution < 1.29 is 41.5 Å². The summed E-state index contributed by atoms with van der Waals surface area (Å²) in [6.45, 7) is 4.53. The molecule has 4 nitrogen and oxygen atoms in total. The Kier molecular flexibility index (Phi) is 46.0. The van der Waals surface area contributed by atoms with Gasteiger partial charge in [-0.05, 0) is 25.7 Å². The fourth-order valence-corrected chi connectivity index (χ4v) is 5.28. The number of carbonyl (C=O) groups is 2. The molecule has 41 heavy (non-hydrogen) atoms. The first-order valence-corrected chi connectivity index (χ1v) is 17.9. The van der Waals surface area contributed by atoms with Crippen molar-refractivity contribution in [3.05, 3.63) is 0 Å². The molecule has 0 saturated heterocycles. The van der Waals surface area contributed by atoms with Gasteiger partial charge in [0, 0.05) is 11.9 Å². The Labute approximate surface area is 271 Å². The van der Waals surface area contributed by atoms with Crippen LogP contribution in [0.25, 0.3) is 0 Å². The van der Waals surface area contributed by atoms with Gasteiger partial charge in [0.1, 0.15) is 0 Å². The molecule has 0 aromatic carbocycles. The zero-order valence-electron chi connectivity index (χ0n) is 27.8. The predicted molar refractivity (Wildman–Crippen MR) is 169 cm³/mol. The van der Waals surface area contributed by atoms with Crippen LogP contribution in [-0.4, -0.2) is 11.9 Å². The summed E-state index contributed by atoms with van der Waals surface area (Å²) in [6, 6.07) is 0. The SMILES string of the molecule is CCCCCCCCCCCCCCCCCC(=O)[O-].CCCCCCCCCCCCCCCCCC(=O)[O-].[Ti+2]. The molecule has 0 bridgehead atoms. The number of rotatable bonds is 32. The van der Waals surface area contributed by atoms with E-state index < -0.39 is 11.9 Å². The number of unbranched alkanes of at least 4 members (excludes halogenated alkanes) is 28. The number of aliphatic carboxylic acids is 2. The largest absolute Gasteiger partial charge is 2.00 e. The van der Waals surface area contributed by atoms with Gasteiger partial charge in [-0.1, -0.05) is 194 Å². The van der Waals surface area contributed by atoms with Crippen LogP contribution in [-0.2, 0) is 31.3 Å². The van der Waals surface area contributed by atoms with E-state index in [9.17, 15) is 19.8 Å². The Hall–Kier alpha value is -0.346. The van der Waals surface area contributed by atoms with Crippen molar-refractivity contribution in [2.75, 3.05) is 0 Å². The molecule has 0 spiro atoms. The third-order valence-electron chi connectivity index (χ3n) is 7.97. The van der Waals surface area contributed by atoms with Crippen molar-refractivity contribution >= 4 is 11.9 Å². The summed E-state index contributed by atoms with van der Waals surface area (Å²) < 4.78 is 0. The Bertz CT molecular complexity index is 454. The van der Waals surface area contributed by atoms with Crippen molar-refractivity contribution in [1.29, 1.82) is 0 Å². The van der Waals surface area contributed by atoms with Crippen LogP contribution in [0.5, 0.6) is 0 Å². The minimum Gasteiger partial charge on any atom is -0.550 e. The van der Waals surface area contributed by atoms with E-state index in [1.54, 1.807) is 0 Å². The average molecular weight is 615 g/mol. The van der Waals surface area contributed by atoms with Crippen molar-refractivity contribution in [3.8, 4) is 0 Å². The van der Waals surface area contributed by atoms with E-state index in [1.165, 1.54) is 167 Å². The zero-order valence-corrected chi connectivity index (χ0v) is 29.3. The predicted octanol–water partition coefficient (Wildman–Crippen LogP) is 9.99. The molecule has 0 aromatic rings. The number of carboxylic acids is 2. The Morgan fingerprint density at radius 3 is 0.610 bits per heavy atom. The number of carboxylic acid groups (broad SMARTS) is 2. The summed E-state index contributed by atoms with van der Waals surface area (Å²) in [5, 5.41) is 20.4. The first-order valence-electron chi connectivity index (χ1n) is 17.9. The van der Waals surface area contributed by atoms with Crippen LogP contribution in [0, 0.1) is 0 Å². The number of hydrogen-bond donors (Lipinski definition) is 0. The molecule has 242 valence electrons. The van der Waals surface area contributed by atoms with Crippen LogP contribution in [0.2, 0.25) is 0 Å². The molecule has 0 aliphatic carbocycles. The van der Waals surface area contributed by atoms with Crippen LogP contribution in [0.15, 0.2) is 0 Å².